The van der Waals surface area contributed by atoms with Crippen LogP contribution in [0.3, 0.4) is 0 Å². The fourth-order valence-electron chi connectivity index (χ4n) is 3.13. The Kier molecular flexibility index (Phi) is 7.99. The molecule has 2 rings (SSSR count). The van der Waals surface area contributed by atoms with E-state index in [4.69, 9.17) is 0 Å². The van der Waals surface area contributed by atoms with Crippen LogP contribution in [0, 0.1) is 13.8 Å². The molecule has 0 saturated carbocycles. The second-order valence-electron chi connectivity index (χ2n) is 6.66. The topological polar surface area (TPSA) is 52.6 Å². The molecule has 0 bridgehead atoms. The molecule has 0 radical (unpaired) electrons. The molecule has 1 aliphatic rings. The summed E-state index contributed by atoms with van der Waals surface area (Å²) in [6, 6.07) is 0.751. The van der Waals surface area contributed by atoms with E-state index in [9.17, 15) is 0 Å². The van der Waals surface area contributed by atoms with Gasteiger partial charge in [0, 0.05) is 44.0 Å². The summed E-state index contributed by atoms with van der Waals surface area (Å²) in [4.78, 5) is 12.8. The van der Waals surface area contributed by atoms with Crippen molar-refractivity contribution in [3.8, 4) is 0 Å². The molecule has 0 spiro atoms. The zero-order valence-corrected chi connectivity index (χ0v) is 16.5. The quantitative estimate of drug-likeness (QED) is 0.451. The first-order chi connectivity index (χ1) is 11.6. The highest BCUT2D eigenvalue weighted by atomic mass is 32.1. The highest BCUT2D eigenvalue weighted by Gasteiger charge is 2.17. The van der Waals surface area contributed by atoms with Crippen molar-refractivity contribution in [1.82, 2.24) is 20.5 Å². The van der Waals surface area contributed by atoms with Gasteiger partial charge in [-0.05, 0) is 46.6 Å². The first-order valence-electron chi connectivity index (χ1n) is 9.21. The molecule has 1 unspecified atom stereocenters. The van der Waals surface area contributed by atoms with Gasteiger partial charge in [-0.2, -0.15) is 0 Å². The summed E-state index contributed by atoms with van der Waals surface area (Å²) in [7, 11) is 1.83. The summed E-state index contributed by atoms with van der Waals surface area (Å²) < 4.78 is 0. The Morgan fingerprint density at radius 1 is 1.29 bits per heavy atom. The van der Waals surface area contributed by atoms with Gasteiger partial charge in [0.05, 0.1) is 10.7 Å². The number of likely N-dealkylation sites (tertiary alicyclic amines) is 1. The van der Waals surface area contributed by atoms with Gasteiger partial charge in [-0.15, -0.1) is 11.3 Å². The number of piperidine rings is 1. The summed E-state index contributed by atoms with van der Waals surface area (Å²) in [5, 5.41) is 8.01. The van der Waals surface area contributed by atoms with Gasteiger partial charge >= 0.3 is 0 Å². The lowest BCUT2D eigenvalue weighted by Gasteiger charge is -2.33. The molecule has 1 aromatic heterocycles. The van der Waals surface area contributed by atoms with Gasteiger partial charge in [-0.25, -0.2) is 4.98 Å². The van der Waals surface area contributed by atoms with E-state index in [1.165, 1.54) is 42.2 Å². The number of nitrogens with one attached hydrogen (secondary N) is 2. The molecular weight excluding hydrogens is 318 g/mol. The summed E-state index contributed by atoms with van der Waals surface area (Å²) in [5.74, 6) is 0.895. The first-order valence-corrected chi connectivity index (χ1v) is 10.0. The van der Waals surface area contributed by atoms with Crippen LogP contribution in [0.25, 0.3) is 0 Å². The van der Waals surface area contributed by atoms with Crippen LogP contribution < -0.4 is 10.6 Å². The summed E-state index contributed by atoms with van der Waals surface area (Å²) in [6.45, 7) is 10.9. The predicted octanol–water partition coefficient (Wildman–Crippen LogP) is 2.73. The highest BCUT2D eigenvalue weighted by Crippen LogP contribution is 2.17. The van der Waals surface area contributed by atoms with E-state index in [1.54, 1.807) is 11.3 Å². The van der Waals surface area contributed by atoms with Crippen LogP contribution in [0.1, 0.15) is 48.2 Å². The zero-order chi connectivity index (χ0) is 17.4. The van der Waals surface area contributed by atoms with Crippen LogP contribution in [-0.2, 0) is 6.42 Å². The SMILES string of the molecule is CN=C(NCCCN1CCCCC1C)NCCc1nc(C)c(C)s1. The van der Waals surface area contributed by atoms with Crippen molar-refractivity contribution in [2.24, 2.45) is 4.99 Å². The minimum Gasteiger partial charge on any atom is -0.356 e. The van der Waals surface area contributed by atoms with Crippen LogP contribution in [0.2, 0.25) is 0 Å². The van der Waals surface area contributed by atoms with E-state index >= 15 is 0 Å². The maximum absolute atomic E-state index is 4.58. The second-order valence-corrected chi connectivity index (χ2v) is 7.95. The van der Waals surface area contributed by atoms with Crippen LogP contribution in [0.5, 0.6) is 0 Å². The lowest BCUT2D eigenvalue weighted by atomic mass is 10.0. The Bertz CT molecular complexity index is 506. The van der Waals surface area contributed by atoms with Crippen LogP contribution in [-0.4, -0.2) is 55.1 Å². The standard InChI is InChI=1S/C18H33N5S/c1-14-8-5-6-12-23(14)13-7-10-20-18(19-4)21-11-9-17-22-15(2)16(3)24-17/h14H,5-13H2,1-4H3,(H2,19,20,21). The second kappa shape index (κ2) is 9.99. The number of nitrogens with zero attached hydrogens (tertiary/aromatic N) is 3. The summed E-state index contributed by atoms with van der Waals surface area (Å²) in [6.07, 6.45) is 6.22. The third-order valence-electron chi connectivity index (χ3n) is 4.78. The molecule has 5 nitrogen and oxygen atoms in total. The predicted molar refractivity (Wildman–Crippen MR) is 104 cm³/mol. The van der Waals surface area contributed by atoms with Gasteiger partial charge in [0.15, 0.2) is 5.96 Å². The fourth-order valence-corrected chi connectivity index (χ4v) is 4.07. The Morgan fingerprint density at radius 3 is 2.75 bits per heavy atom. The third-order valence-corrected chi connectivity index (χ3v) is 5.92. The van der Waals surface area contributed by atoms with E-state index in [2.05, 4.69) is 46.3 Å². The Morgan fingerprint density at radius 2 is 2.08 bits per heavy atom. The van der Waals surface area contributed by atoms with E-state index in [0.29, 0.717) is 0 Å². The monoisotopic (exact) mass is 351 g/mol. The molecule has 1 aromatic rings. The average molecular weight is 352 g/mol. The normalized spacial score (nSPS) is 19.5. The van der Waals surface area contributed by atoms with Crippen molar-refractivity contribution in [3.63, 3.8) is 0 Å². The molecule has 136 valence electrons. The molecule has 1 fully saturated rings. The van der Waals surface area contributed by atoms with Gasteiger partial charge in [0.25, 0.3) is 0 Å². The van der Waals surface area contributed by atoms with Gasteiger partial charge in [0.2, 0.25) is 0 Å². The van der Waals surface area contributed by atoms with E-state index < -0.39 is 0 Å². The maximum atomic E-state index is 4.58. The molecule has 1 atom stereocenters. The molecule has 24 heavy (non-hydrogen) atoms. The molecular formula is C18H33N5S. The Balaban J connectivity index is 1.60. The Labute approximate surface area is 151 Å². The van der Waals surface area contributed by atoms with Gasteiger partial charge in [-0.3, -0.25) is 4.99 Å². The molecule has 2 heterocycles. The molecule has 0 amide bonds. The average Bonchev–Trinajstić information content (AvgIpc) is 2.89. The first kappa shape index (κ1) is 19.2. The maximum Gasteiger partial charge on any atom is 0.190 e. The number of hydrogen-bond donors (Lipinski definition) is 2. The minimum absolute atomic E-state index is 0.751. The lowest BCUT2D eigenvalue weighted by Crippen LogP contribution is -2.41. The minimum atomic E-state index is 0.751. The third kappa shape index (κ3) is 6.06. The van der Waals surface area contributed by atoms with Crippen molar-refractivity contribution < 1.29 is 0 Å². The molecule has 6 heteroatoms. The molecule has 1 saturated heterocycles. The Hall–Kier alpha value is -1.14. The molecule has 0 aromatic carbocycles. The molecule has 1 aliphatic heterocycles. The van der Waals surface area contributed by atoms with Crippen LogP contribution in [0.15, 0.2) is 4.99 Å². The van der Waals surface area contributed by atoms with Gasteiger partial charge in [-0.1, -0.05) is 6.42 Å². The highest BCUT2D eigenvalue weighted by molar-refractivity contribution is 7.11. The van der Waals surface area contributed by atoms with E-state index in [-0.39, 0.29) is 0 Å². The van der Waals surface area contributed by atoms with Crippen molar-refractivity contribution in [2.45, 2.75) is 58.9 Å². The fraction of sp³-hybridized carbons (Fsp3) is 0.778. The van der Waals surface area contributed by atoms with Crippen LogP contribution in [0.4, 0.5) is 0 Å². The van der Waals surface area contributed by atoms with E-state index in [0.717, 1.165) is 43.6 Å². The number of aliphatic imine (C=N–C) groups is 1. The summed E-state index contributed by atoms with van der Waals surface area (Å²) in [5.41, 5.74) is 1.16. The number of aryl methyl sites for hydroxylation is 2. The van der Waals surface area contributed by atoms with Crippen molar-refractivity contribution in [2.75, 3.05) is 33.2 Å². The number of guanidine groups is 1. The number of hydrogen-bond acceptors (Lipinski definition) is 4. The molecule has 0 aliphatic carbocycles. The summed E-state index contributed by atoms with van der Waals surface area (Å²) >= 11 is 1.79. The number of rotatable bonds is 7. The van der Waals surface area contributed by atoms with Crippen molar-refractivity contribution in [1.29, 1.82) is 0 Å². The van der Waals surface area contributed by atoms with Crippen molar-refractivity contribution >= 4 is 17.3 Å². The largest absolute Gasteiger partial charge is 0.356 e. The number of aromatic nitrogens is 1. The van der Waals surface area contributed by atoms with Gasteiger partial charge < -0.3 is 15.5 Å². The van der Waals surface area contributed by atoms with Gasteiger partial charge in [0.1, 0.15) is 0 Å². The molecule has 2 N–H and O–H groups in total. The van der Waals surface area contributed by atoms with Crippen LogP contribution >= 0.6 is 11.3 Å². The smallest absolute Gasteiger partial charge is 0.190 e. The van der Waals surface area contributed by atoms with Crippen molar-refractivity contribution in [3.05, 3.63) is 15.6 Å². The van der Waals surface area contributed by atoms with E-state index in [1.807, 2.05) is 7.05 Å². The zero-order valence-electron chi connectivity index (χ0n) is 15.7. The number of thiazole rings is 1. The lowest BCUT2D eigenvalue weighted by molar-refractivity contribution is 0.159.